The highest BCUT2D eigenvalue weighted by Gasteiger charge is 2.12. The molecule has 0 spiro atoms. The summed E-state index contributed by atoms with van der Waals surface area (Å²) in [4.78, 5) is 17.7. The van der Waals surface area contributed by atoms with E-state index < -0.39 is 0 Å². The molecule has 92 valence electrons. The number of nitrogens with zero attached hydrogens (tertiary/aromatic N) is 2. The van der Waals surface area contributed by atoms with Crippen molar-refractivity contribution in [1.29, 1.82) is 0 Å². The zero-order chi connectivity index (χ0) is 12.1. The molecule has 2 heterocycles. The molecule has 17 heavy (non-hydrogen) atoms. The third-order valence-corrected chi connectivity index (χ3v) is 3.03. The van der Waals surface area contributed by atoms with Crippen molar-refractivity contribution in [2.45, 2.75) is 12.8 Å². The van der Waals surface area contributed by atoms with E-state index in [0.29, 0.717) is 17.3 Å². The summed E-state index contributed by atoms with van der Waals surface area (Å²) in [5, 5.41) is 0.374. The molecule has 2 rings (SSSR count). The summed E-state index contributed by atoms with van der Waals surface area (Å²) in [5.74, 6) is -0.339. The molecule has 0 aromatic carbocycles. The van der Waals surface area contributed by atoms with Crippen LogP contribution >= 0.6 is 11.6 Å². The van der Waals surface area contributed by atoms with E-state index in [1.54, 1.807) is 12.1 Å². The van der Waals surface area contributed by atoms with Crippen LogP contribution < -0.4 is 0 Å². The van der Waals surface area contributed by atoms with Crippen LogP contribution in [-0.4, -0.2) is 42.1 Å². The number of likely N-dealkylation sites (tertiary alicyclic amines) is 1. The van der Waals surface area contributed by atoms with Crippen molar-refractivity contribution < 1.29 is 9.53 Å². The number of hydrogen-bond donors (Lipinski definition) is 0. The van der Waals surface area contributed by atoms with E-state index in [1.165, 1.54) is 19.0 Å². The summed E-state index contributed by atoms with van der Waals surface area (Å²) in [6.45, 7) is 3.47. The van der Waals surface area contributed by atoms with Crippen molar-refractivity contribution in [2.24, 2.45) is 0 Å². The Hall–Kier alpha value is -1.13. The number of carbonyl (C=O) groups is 1. The Bertz CT molecular complexity index is 375. The Labute approximate surface area is 106 Å². The number of hydrogen-bond acceptors (Lipinski definition) is 4. The molecule has 0 atom stereocenters. The minimum Gasteiger partial charge on any atom is -0.461 e. The van der Waals surface area contributed by atoms with Crippen LogP contribution in [0.3, 0.4) is 0 Å². The van der Waals surface area contributed by atoms with Gasteiger partial charge >= 0.3 is 5.97 Å². The fraction of sp³-hybridized carbons (Fsp3) is 0.500. The van der Waals surface area contributed by atoms with Gasteiger partial charge < -0.3 is 4.74 Å². The van der Waals surface area contributed by atoms with Crippen LogP contribution in [0.25, 0.3) is 0 Å². The molecule has 0 N–H and O–H groups in total. The molecule has 0 amide bonds. The van der Waals surface area contributed by atoms with Gasteiger partial charge in [-0.3, -0.25) is 4.90 Å². The molecular weight excluding hydrogens is 240 g/mol. The number of halogens is 1. The zero-order valence-electron chi connectivity index (χ0n) is 9.56. The second-order valence-corrected chi connectivity index (χ2v) is 4.44. The summed E-state index contributed by atoms with van der Waals surface area (Å²) in [6.07, 6.45) is 3.92. The first kappa shape index (κ1) is 12.3. The zero-order valence-corrected chi connectivity index (χ0v) is 10.3. The summed E-state index contributed by atoms with van der Waals surface area (Å²) in [7, 11) is 0. The van der Waals surface area contributed by atoms with E-state index in [1.807, 2.05) is 0 Å². The first-order valence-electron chi connectivity index (χ1n) is 5.77. The standard InChI is InChI=1S/C12H15ClN2O2/c13-11-4-3-10(9-14-11)12(16)17-8-7-15-5-1-2-6-15/h3-4,9H,1-2,5-8H2. The van der Waals surface area contributed by atoms with Gasteiger partial charge in [0.15, 0.2) is 0 Å². The molecule has 0 bridgehead atoms. The Morgan fingerprint density at radius 3 is 2.82 bits per heavy atom. The molecular formula is C12H15ClN2O2. The van der Waals surface area contributed by atoms with Gasteiger partial charge in [0, 0.05) is 12.7 Å². The molecule has 1 aromatic rings. The van der Waals surface area contributed by atoms with Crippen molar-refractivity contribution in [3.63, 3.8) is 0 Å². The van der Waals surface area contributed by atoms with Crippen LogP contribution in [0, 0.1) is 0 Å². The fourth-order valence-corrected chi connectivity index (χ4v) is 1.97. The van der Waals surface area contributed by atoms with Crippen molar-refractivity contribution in [1.82, 2.24) is 9.88 Å². The highest BCUT2D eigenvalue weighted by atomic mass is 35.5. The minimum absolute atomic E-state index is 0.339. The third kappa shape index (κ3) is 3.68. The lowest BCUT2D eigenvalue weighted by atomic mass is 10.3. The fourth-order valence-electron chi connectivity index (χ4n) is 1.85. The van der Waals surface area contributed by atoms with Crippen LogP contribution in [-0.2, 0) is 4.74 Å². The summed E-state index contributed by atoms with van der Waals surface area (Å²) < 4.78 is 5.17. The van der Waals surface area contributed by atoms with Gasteiger partial charge in [-0.05, 0) is 38.1 Å². The Morgan fingerprint density at radius 1 is 1.41 bits per heavy atom. The van der Waals surface area contributed by atoms with E-state index in [4.69, 9.17) is 16.3 Å². The number of carbonyl (C=O) groups excluding carboxylic acids is 1. The average molecular weight is 255 g/mol. The van der Waals surface area contributed by atoms with Gasteiger partial charge in [0.2, 0.25) is 0 Å². The topological polar surface area (TPSA) is 42.4 Å². The first-order chi connectivity index (χ1) is 8.25. The first-order valence-corrected chi connectivity index (χ1v) is 6.14. The molecule has 0 saturated carbocycles. The molecule has 5 heteroatoms. The Morgan fingerprint density at radius 2 is 2.18 bits per heavy atom. The number of aromatic nitrogens is 1. The Balaban J connectivity index is 1.75. The van der Waals surface area contributed by atoms with Gasteiger partial charge in [-0.25, -0.2) is 9.78 Å². The highest BCUT2D eigenvalue weighted by molar-refractivity contribution is 6.29. The largest absolute Gasteiger partial charge is 0.461 e. The van der Waals surface area contributed by atoms with Gasteiger partial charge in [0.25, 0.3) is 0 Å². The van der Waals surface area contributed by atoms with Crippen LogP contribution in [0.5, 0.6) is 0 Å². The second-order valence-electron chi connectivity index (χ2n) is 4.05. The molecule has 0 radical (unpaired) electrons. The predicted octanol–water partition coefficient (Wildman–Crippen LogP) is 1.99. The maximum atomic E-state index is 11.6. The van der Waals surface area contributed by atoms with Gasteiger partial charge in [-0.1, -0.05) is 11.6 Å². The minimum atomic E-state index is -0.339. The summed E-state index contributed by atoms with van der Waals surface area (Å²) in [6, 6.07) is 3.20. The van der Waals surface area contributed by atoms with Gasteiger partial charge in [0.05, 0.1) is 5.56 Å². The van der Waals surface area contributed by atoms with E-state index in [2.05, 4.69) is 9.88 Å². The van der Waals surface area contributed by atoms with E-state index in [0.717, 1.165) is 19.6 Å². The molecule has 4 nitrogen and oxygen atoms in total. The van der Waals surface area contributed by atoms with Crippen molar-refractivity contribution in [3.8, 4) is 0 Å². The van der Waals surface area contributed by atoms with Crippen molar-refractivity contribution in [3.05, 3.63) is 29.0 Å². The van der Waals surface area contributed by atoms with Gasteiger partial charge in [0.1, 0.15) is 11.8 Å². The molecule has 1 aromatic heterocycles. The quantitative estimate of drug-likeness (QED) is 0.609. The molecule has 0 aliphatic carbocycles. The smallest absolute Gasteiger partial charge is 0.339 e. The van der Waals surface area contributed by atoms with Crippen molar-refractivity contribution >= 4 is 17.6 Å². The highest BCUT2D eigenvalue weighted by Crippen LogP contribution is 2.08. The van der Waals surface area contributed by atoms with E-state index in [9.17, 15) is 4.79 Å². The monoisotopic (exact) mass is 254 g/mol. The third-order valence-electron chi connectivity index (χ3n) is 2.80. The Kier molecular flexibility index (Phi) is 4.34. The maximum absolute atomic E-state index is 11.6. The number of rotatable bonds is 4. The molecule has 1 aliphatic heterocycles. The van der Waals surface area contributed by atoms with Crippen molar-refractivity contribution in [2.75, 3.05) is 26.2 Å². The van der Waals surface area contributed by atoms with Crippen LogP contribution in [0.1, 0.15) is 23.2 Å². The SMILES string of the molecule is O=C(OCCN1CCCC1)c1ccc(Cl)nc1. The molecule has 1 saturated heterocycles. The molecule has 1 aliphatic rings. The molecule has 1 fully saturated rings. The van der Waals surface area contributed by atoms with Crippen LogP contribution in [0.4, 0.5) is 0 Å². The maximum Gasteiger partial charge on any atom is 0.339 e. The van der Waals surface area contributed by atoms with Crippen LogP contribution in [0.15, 0.2) is 18.3 Å². The average Bonchev–Trinajstić information content (AvgIpc) is 2.83. The van der Waals surface area contributed by atoms with E-state index in [-0.39, 0.29) is 5.97 Å². The lowest BCUT2D eigenvalue weighted by molar-refractivity contribution is 0.0472. The lowest BCUT2D eigenvalue weighted by Crippen LogP contribution is -2.25. The van der Waals surface area contributed by atoms with E-state index >= 15 is 0 Å². The van der Waals surface area contributed by atoms with Gasteiger partial charge in [-0.2, -0.15) is 0 Å². The number of esters is 1. The van der Waals surface area contributed by atoms with Gasteiger partial charge in [-0.15, -0.1) is 0 Å². The number of pyridine rings is 1. The second kappa shape index (κ2) is 5.98. The predicted molar refractivity (Wildman–Crippen MR) is 65.2 cm³/mol. The lowest BCUT2D eigenvalue weighted by Gasteiger charge is -2.14. The number of ether oxygens (including phenoxy) is 1. The normalized spacial score (nSPS) is 16.1. The van der Waals surface area contributed by atoms with Crippen LogP contribution in [0.2, 0.25) is 5.15 Å². The molecule has 0 unspecified atom stereocenters. The summed E-state index contributed by atoms with van der Waals surface area (Å²) >= 11 is 5.64. The summed E-state index contributed by atoms with van der Waals surface area (Å²) in [5.41, 5.74) is 0.441.